The summed E-state index contributed by atoms with van der Waals surface area (Å²) in [5.74, 6) is -2.70. The maximum absolute atomic E-state index is 11.8. The summed E-state index contributed by atoms with van der Waals surface area (Å²) in [5, 5.41) is 20.2. The van der Waals surface area contributed by atoms with Gasteiger partial charge in [-0.2, -0.15) is 0 Å². The van der Waals surface area contributed by atoms with E-state index >= 15 is 0 Å². The Morgan fingerprint density at radius 2 is 1.81 bits per heavy atom. The van der Waals surface area contributed by atoms with Gasteiger partial charge in [0.2, 0.25) is 0 Å². The lowest BCUT2D eigenvalue weighted by atomic mass is 10.2. The van der Waals surface area contributed by atoms with Gasteiger partial charge in [0.15, 0.2) is 0 Å². The first-order chi connectivity index (χ1) is 9.79. The molecule has 1 aromatic carbocycles. The van der Waals surface area contributed by atoms with Crippen LogP contribution in [-0.2, 0) is 16.1 Å². The Morgan fingerprint density at radius 1 is 1.24 bits per heavy atom. The molecule has 1 unspecified atom stereocenters. The SMILES string of the molecule is CN(Cc1ccc(Cl)cc1)C(=O)NC(CC(=O)O)C(=O)O. The van der Waals surface area contributed by atoms with Gasteiger partial charge in [0.25, 0.3) is 0 Å². The zero-order valence-electron chi connectivity index (χ0n) is 11.2. The average molecular weight is 315 g/mol. The number of rotatable bonds is 6. The number of hydrogen-bond donors (Lipinski definition) is 3. The summed E-state index contributed by atoms with van der Waals surface area (Å²) in [6.07, 6.45) is -0.685. The van der Waals surface area contributed by atoms with Crippen LogP contribution in [0.2, 0.25) is 5.02 Å². The second kappa shape index (κ2) is 7.49. The monoisotopic (exact) mass is 314 g/mol. The highest BCUT2D eigenvalue weighted by Gasteiger charge is 2.24. The molecule has 21 heavy (non-hydrogen) atoms. The zero-order chi connectivity index (χ0) is 16.0. The highest BCUT2D eigenvalue weighted by Crippen LogP contribution is 2.11. The van der Waals surface area contributed by atoms with Crippen LogP contribution in [0, 0.1) is 0 Å². The van der Waals surface area contributed by atoms with Crippen molar-refractivity contribution in [2.45, 2.75) is 19.0 Å². The first kappa shape index (κ1) is 16.8. The number of carboxylic acids is 2. The smallest absolute Gasteiger partial charge is 0.326 e. The van der Waals surface area contributed by atoms with E-state index in [4.69, 9.17) is 21.8 Å². The molecule has 8 heteroatoms. The molecule has 0 saturated heterocycles. The van der Waals surface area contributed by atoms with Crippen LogP contribution in [0.4, 0.5) is 4.79 Å². The number of amides is 2. The third-order valence-electron chi connectivity index (χ3n) is 2.65. The van der Waals surface area contributed by atoms with E-state index in [1.165, 1.54) is 11.9 Å². The predicted molar refractivity (Wildman–Crippen MR) is 75.1 cm³/mol. The molecule has 0 aliphatic carbocycles. The number of urea groups is 1. The van der Waals surface area contributed by atoms with Crippen LogP contribution in [0.5, 0.6) is 0 Å². The molecule has 0 aromatic heterocycles. The summed E-state index contributed by atoms with van der Waals surface area (Å²) in [7, 11) is 1.48. The van der Waals surface area contributed by atoms with E-state index in [1.807, 2.05) is 0 Å². The third kappa shape index (κ3) is 5.70. The van der Waals surface area contributed by atoms with Crippen LogP contribution in [0.1, 0.15) is 12.0 Å². The molecule has 0 radical (unpaired) electrons. The maximum Gasteiger partial charge on any atom is 0.326 e. The topological polar surface area (TPSA) is 107 Å². The van der Waals surface area contributed by atoms with Crippen LogP contribution in [0.15, 0.2) is 24.3 Å². The van der Waals surface area contributed by atoms with E-state index in [1.54, 1.807) is 24.3 Å². The lowest BCUT2D eigenvalue weighted by Gasteiger charge is -2.20. The van der Waals surface area contributed by atoms with Gasteiger partial charge in [-0.1, -0.05) is 23.7 Å². The maximum atomic E-state index is 11.8. The summed E-state index contributed by atoms with van der Waals surface area (Å²) in [5.41, 5.74) is 0.808. The number of nitrogens with zero attached hydrogens (tertiary/aromatic N) is 1. The number of hydrogen-bond acceptors (Lipinski definition) is 3. The molecule has 3 N–H and O–H groups in total. The zero-order valence-corrected chi connectivity index (χ0v) is 12.0. The van der Waals surface area contributed by atoms with Crippen LogP contribution >= 0.6 is 11.6 Å². The highest BCUT2D eigenvalue weighted by molar-refractivity contribution is 6.30. The Kier molecular flexibility index (Phi) is 5.98. The van der Waals surface area contributed by atoms with Crippen LogP contribution < -0.4 is 5.32 Å². The molecule has 0 spiro atoms. The Labute approximate surface area is 126 Å². The number of carbonyl (C=O) groups excluding carboxylic acids is 1. The quantitative estimate of drug-likeness (QED) is 0.736. The van der Waals surface area contributed by atoms with Gasteiger partial charge in [-0.3, -0.25) is 4.79 Å². The molecule has 0 aliphatic heterocycles. The molecule has 0 fully saturated rings. The standard InChI is InChI=1S/C13H15ClN2O5/c1-16(7-8-2-4-9(14)5-3-8)13(21)15-10(12(19)20)6-11(17)18/h2-5,10H,6-7H2,1H3,(H,15,21)(H,17,18)(H,19,20). The Hall–Kier alpha value is -2.28. The Balaban J connectivity index is 2.62. The molecule has 0 saturated carbocycles. The number of nitrogens with one attached hydrogen (secondary N) is 1. The summed E-state index contributed by atoms with van der Waals surface area (Å²) < 4.78 is 0. The van der Waals surface area contributed by atoms with E-state index in [-0.39, 0.29) is 6.54 Å². The lowest BCUT2D eigenvalue weighted by molar-refractivity contribution is -0.145. The molecule has 0 bridgehead atoms. The number of benzene rings is 1. The highest BCUT2D eigenvalue weighted by atomic mass is 35.5. The van der Waals surface area contributed by atoms with Crippen LogP contribution in [0.3, 0.4) is 0 Å². The normalized spacial score (nSPS) is 11.5. The minimum absolute atomic E-state index is 0.239. The molecule has 0 aliphatic rings. The fourth-order valence-electron chi connectivity index (χ4n) is 1.57. The minimum atomic E-state index is -1.47. The van der Waals surface area contributed by atoms with Crippen molar-refractivity contribution in [3.63, 3.8) is 0 Å². The van der Waals surface area contributed by atoms with Crippen molar-refractivity contribution in [3.8, 4) is 0 Å². The molecule has 1 rings (SSSR count). The summed E-state index contributed by atoms with van der Waals surface area (Å²) in [6, 6.07) is 4.68. The number of aliphatic carboxylic acids is 2. The summed E-state index contributed by atoms with van der Waals surface area (Å²) in [6.45, 7) is 0.239. The van der Waals surface area contributed by atoms with Crippen molar-refractivity contribution in [1.29, 1.82) is 0 Å². The van der Waals surface area contributed by atoms with Gasteiger partial charge in [-0.15, -0.1) is 0 Å². The summed E-state index contributed by atoms with van der Waals surface area (Å²) >= 11 is 5.75. The molecule has 7 nitrogen and oxygen atoms in total. The molecule has 1 atom stereocenters. The van der Waals surface area contributed by atoms with Gasteiger partial charge in [0.05, 0.1) is 6.42 Å². The van der Waals surface area contributed by atoms with E-state index in [2.05, 4.69) is 5.32 Å². The van der Waals surface area contributed by atoms with Gasteiger partial charge in [0.1, 0.15) is 6.04 Å². The molecule has 1 aromatic rings. The van der Waals surface area contributed by atoms with Crippen LogP contribution in [-0.4, -0.2) is 46.2 Å². The number of carbonyl (C=O) groups is 3. The van der Waals surface area contributed by atoms with E-state index in [0.29, 0.717) is 5.02 Å². The van der Waals surface area contributed by atoms with E-state index in [0.717, 1.165) is 5.56 Å². The minimum Gasteiger partial charge on any atom is -0.481 e. The first-order valence-corrected chi connectivity index (χ1v) is 6.38. The van der Waals surface area contributed by atoms with Crippen molar-refractivity contribution in [1.82, 2.24) is 10.2 Å². The largest absolute Gasteiger partial charge is 0.481 e. The molecular weight excluding hydrogens is 300 g/mol. The van der Waals surface area contributed by atoms with Crippen molar-refractivity contribution in [3.05, 3.63) is 34.9 Å². The molecule has 2 amide bonds. The van der Waals surface area contributed by atoms with Crippen molar-refractivity contribution in [2.24, 2.45) is 0 Å². The molecule has 114 valence electrons. The van der Waals surface area contributed by atoms with Crippen molar-refractivity contribution >= 4 is 29.6 Å². The van der Waals surface area contributed by atoms with E-state index in [9.17, 15) is 14.4 Å². The van der Waals surface area contributed by atoms with E-state index < -0.39 is 30.4 Å². The second-order valence-electron chi connectivity index (χ2n) is 4.42. The molecular formula is C13H15ClN2O5. The number of halogens is 1. The summed E-state index contributed by atoms with van der Waals surface area (Å²) in [4.78, 5) is 34.5. The fraction of sp³-hybridized carbons (Fsp3) is 0.308. The van der Waals surface area contributed by atoms with Crippen molar-refractivity contribution in [2.75, 3.05) is 7.05 Å². The van der Waals surface area contributed by atoms with Gasteiger partial charge in [0, 0.05) is 18.6 Å². The Bertz CT molecular complexity index is 532. The van der Waals surface area contributed by atoms with Gasteiger partial charge in [-0.05, 0) is 17.7 Å². The second-order valence-corrected chi connectivity index (χ2v) is 4.86. The molecule has 0 heterocycles. The lowest BCUT2D eigenvalue weighted by Crippen LogP contribution is -2.47. The first-order valence-electron chi connectivity index (χ1n) is 6.00. The Morgan fingerprint density at radius 3 is 2.29 bits per heavy atom. The number of carboxylic acid groups (broad SMARTS) is 2. The van der Waals surface area contributed by atoms with Crippen LogP contribution in [0.25, 0.3) is 0 Å². The predicted octanol–water partition coefficient (Wildman–Crippen LogP) is 1.41. The van der Waals surface area contributed by atoms with Crippen molar-refractivity contribution < 1.29 is 24.6 Å². The van der Waals surface area contributed by atoms with Gasteiger partial charge in [-0.25, -0.2) is 9.59 Å². The third-order valence-corrected chi connectivity index (χ3v) is 2.91. The fourth-order valence-corrected chi connectivity index (χ4v) is 1.70. The van der Waals surface area contributed by atoms with Gasteiger partial charge >= 0.3 is 18.0 Å². The van der Waals surface area contributed by atoms with Gasteiger partial charge < -0.3 is 20.4 Å². The average Bonchev–Trinajstić information content (AvgIpc) is 2.39.